The second kappa shape index (κ2) is 5.36. The van der Waals surface area contributed by atoms with E-state index in [9.17, 15) is 0 Å². The molecule has 2 N–H and O–H groups in total. The summed E-state index contributed by atoms with van der Waals surface area (Å²) in [7, 11) is 2.07. The van der Waals surface area contributed by atoms with Crippen LogP contribution in [0.5, 0.6) is 5.88 Å². The van der Waals surface area contributed by atoms with Gasteiger partial charge in [-0.1, -0.05) is 6.07 Å². The predicted octanol–water partition coefficient (Wildman–Crippen LogP) is 1.65. The molecule has 0 unspecified atom stereocenters. The number of nitrogens with two attached hydrogens (primary N) is 1. The highest BCUT2D eigenvalue weighted by molar-refractivity contribution is 5.39. The molecule has 1 heterocycles. The minimum absolute atomic E-state index is 0.413. The van der Waals surface area contributed by atoms with Gasteiger partial charge in [0, 0.05) is 25.7 Å². The minimum Gasteiger partial charge on any atom is -0.478 e. The first-order chi connectivity index (χ1) is 8.19. The van der Waals surface area contributed by atoms with E-state index in [0.717, 1.165) is 25.2 Å². The maximum absolute atomic E-state index is 5.79. The zero-order valence-corrected chi connectivity index (χ0v) is 10.6. The van der Waals surface area contributed by atoms with Crippen LogP contribution in [0.2, 0.25) is 0 Å². The lowest BCUT2D eigenvalue weighted by molar-refractivity contribution is 0.270. The third-order valence-corrected chi connectivity index (χ3v) is 3.20. The second-order valence-electron chi connectivity index (χ2n) is 4.75. The summed E-state index contributed by atoms with van der Waals surface area (Å²) in [5.41, 5.74) is 5.79. The van der Waals surface area contributed by atoms with Gasteiger partial charge in [0.15, 0.2) is 0 Å². The van der Waals surface area contributed by atoms with Crippen LogP contribution < -0.4 is 15.4 Å². The monoisotopic (exact) mass is 235 g/mol. The van der Waals surface area contributed by atoms with E-state index in [1.165, 1.54) is 0 Å². The second-order valence-corrected chi connectivity index (χ2v) is 4.75. The lowest BCUT2D eigenvalue weighted by Crippen LogP contribution is -2.42. The molecule has 1 aliphatic carbocycles. The molecule has 94 valence electrons. The van der Waals surface area contributed by atoms with Crippen molar-refractivity contribution < 1.29 is 4.74 Å². The molecule has 0 bridgehead atoms. The Labute approximate surface area is 103 Å². The Morgan fingerprint density at radius 1 is 1.47 bits per heavy atom. The quantitative estimate of drug-likeness (QED) is 0.843. The summed E-state index contributed by atoms with van der Waals surface area (Å²) in [6.45, 7) is 3.64. The van der Waals surface area contributed by atoms with Crippen molar-refractivity contribution in [1.29, 1.82) is 0 Å². The van der Waals surface area contributed by atoms with Crippen molar-refractivity contribution in [2.45, 2.75) is 25.8 Å². The molecule has 0 radical (unpaired) electrons. The van der Waals surface area contributed by atoms with Gasteiger partial charge in [0.2, 0.25) is 5.88 Å². The van der Waals surface area contributed by atoms with Crippen LogP contribution in [0.25, 0.3) is 0 Å². The van der Waals surface area contributed by atoms with Crippen LogP contribution >= 0.6 is 0 Å². The fraction of sp³-hybridized carbons (Fsp3) is 0.615. The Morgan fingerprint density at radius 2 is 2.24 bits per heavy atom. The van der Waals surface area contributed by atoms with Crippen LogP contribution in [-0.2, 0) is 0 Å². The van der Waals surface area contributed by atoms with Crippen LogP contribution in [-0.4, -0.2) is 31.2 Å². The van der Waals surface area contributed by atoms with Gasteiger partial charge in [-0.3, -0.25) is 0 Å². The van der Waals surface area contributed by atoms with Gasteiger partial charge in [0.1, 0.15) is 5.82 Å². The molecule has 17 heavy (non-hydrogen) atoms. The van der Waals surface area contributed by atoms with E-state index in [0.29, 0.717) is 24.4 Å². The molecule has 1 aliphatic rings. The van der Waals surface area contributed by atoms with Crippen LogP contribution in [0.15, 0.2) is 18.2 Å². The Balaban J connectivity index is 1.93. The highest BCUT2D eigenvalue weighted by Crippen LogP contribution is 2.27. The third kappa shape index (κ3) is 3.09. The molecule has 1 fully saturated rings. The van der Waals surface area contributed by atoms with E-state index in [1.807, 2.05) is 25.1 Å². The Morgan fingerprint density at radius 3 is 2.88 bits per heavy atom. The number of nitrogens with zero attached hydrogens (tertiary/aromatic N) is 2. The zero-order valence-electron chi connectivity index (χ0n) is 10.6. The summed E-state index contributed by atoms with van der Waals surface area (Å²) in [6.07, 6.45) is 2.27. The first-order valence-electron chi connectivity index (χ1n) is 6.25. The lowest BCUT2D eigenvalue weighted by Gasteiger charge is -2.35. The Kier molecular flexibility index (Phi) is 3.84. The molecule has 1 aromatic heterocycles. The molecule has 1 saturated carbocycles. The number of ether oxygens (including phenoxy) is 1. The molecule has 4 nitrogen and oxygen atoms in total. The number of hydrogen-bond acceptors (Lipinski definition) is 4. The summed E-state index contributed by atoms with van der Waals surface area (Å²) in [5.74, 6) is 2.38. The average molecular weight is 235 g/mol. The summed E-state index contributed by atoms with van der Waals surface area (Å²) in [6, 6.07) is 6.30. The van der Waals surface area contributed by atoms with Crippen molar-refractivity contribution in [2.24, 2.45) is 11.7 Å². The van der Waals surface area contributed by atoms with Gasteiger partial charge in [-0.15, -0.1) is 0 Å². The van der Waals surface area contributed by atoms with Gasteiger partial charge in [0.05, 0.1) is 6.61 Å². The summed E-state index contributed by atoms with van der Waals surface area (Å²) in [5, 5.41) is 0. The molecule has 0 aromatic carbocycles. The topological polar surface area (TPSA) is 51.4 Å². The van der Waals surface area contributed by atoms with Crippen LogP contribution in [0.1, 0.15) is 19.8 Å². The number of rotatable bonds is 5. The van der Waals surface area contributed by atoms with Crippen molar-refractivity contribution in [3.05, 3.63) is 18.2 Å². The highest BCUT2D eigenvalue weighted by atomic mass is 16.5. The fourth-order valence-electron chi connectivity index (χ4n) is 2.26. The van der Waals surface area contributed by atoms with E-state index in [1.54, 1.807) is 0 Å². The van der Waals surface area contributed by atoms with E-state index in [2.05, 4.69) is 16.9 Å². The summed E-state index contributed by atoms with van der Waals surface area (Å²) < 4.78 is 5.40. The van der Waals surface area contributed by atoms with Crippen molar-refractivity contribution in [3.8, 4) is 5.88 Å². The molecule has 0 spiro atoms. The van der Waals surface area contributed by atoms with Gasteiger partial charge in [-0.2, -0.15) is 4.98 Å². The van der Waals surface area contributed by atoms with E-state index < -0.39 is 0 Å². The normalized spacial score (nSPS) is 23.0. The summed E-state index contributed by atoms with van der Waals surface area (Å²) >= 11 is 0. The molecule has 1 aromatic rings. The molecule has 0 amide bonds. The van der Waals surface area contributed by atoms with Gasteiger partial charge in [-0.05, 0) is 31.7 Å². The van der Waals surface area contributed by atoms with Crippen molar-refractivity contribution in [2.75, 3.05) is 25.1 Å². The van der Waals surface area contributed by atoms with Crippen molar-refractivity contribution in [1.82, 2.24) is 4.98 Å². The van der Waals surface area contributed by atoms with Crippen LogP contribution in [0.3, 0.4) is 0 Å². The molecular weight excluding hydrogens is 214 g/mol. The zero-order chi connectivity index (χ0) is 12.3. The predicted molar refractivity (Wildman–Crippen MR) is 69.4 cm³/mol. The number of pyridine rings is 1. The lowest BCUT2D eigenvalue weighted by atomic mass is 9.80. The number of aromatic nitrogens is 1. The van der Waals surface area contributed by atoms with Gasteiger partial charge in [-0.25, -0.2) is 0 Å². The van der Waals surface area contributed by atoms with Crippen molar-refractivity contribution >= 4 is 5.82 Å². The van der Waals surface area contributed by atoms with Gasteiger partial charge >= 0.3 is 0 Å². The maximum atomic E-state index is 5.79. The standard InChI is InChI=1S/C13H21N3O/c1-3-17-13-6-4-5-12(15-13)16(2)9-10-7-11(14)8-10/h4-6,10-11H,3,7-9,14H2,1-2H3. The van der Waals surface area contributed by atoms with Crippen LogP contribution in [0, 0.1) is 5.92 Å². The first-order valence-corrected chi connectivity index (χ1v) is 6.25. The molecule has 4 heteroatoms. The molecule has 2 rings (SSSR count). The molecular formula is C13H21N3O. The van der Waals surface area contributed by atoms with Crippen LogP contribution in [0.4, 0.5) is 5.82 Å². The minimum atomic E-state index is 0.413. The Hall–Kier alpha value is -1.29. The number of anilines is 1. The van der Waals surface area contributed by atoms with E-state index in [-0.39, 0.29) is 0 Å². The van der Waals surface area contributed by atoms with E-state index >= 15 is 0 Å². The van der Waals surface area contributed by atoms with Gasteiger partial charge in [0.25, 0.3) is 0 Å². The third-order valence-electron chi connectivity index (χ3n) is 3.20. The molecule has 0 saturated heterocycles. The SMILES string of the molecule is CCOc1cccc(N(C)CC2CC(N)C2)n1. The molecule has 0 atom stereocenters. The smallest absolute Gasteiger partial charge is 0.215 e. The first kappa shape index (κ1) is 12.2. The van der Waals surface area contributed by atoms with Crippen molar-refractivity contribution in [3.63, 3.8) is 0 Å². The number of hydrogen-bond donors (Lipinski definition) is 1. The highest BCUT2D eigenvalue weighted by Gasteiger charge is 2.27. The van der Waals surface area contributed by atoms with E-state index in [4.69, 9.17) is 10.5 Å². The maximum Gasteiger partial charge on any atom is 0.215 e. The Bertz CT molecular complexity index is 363. The fourth-order valence-corrected chi connectivity index (χ4v) is 2.26. The average Bonchev–Trinajstić information content (AvgIpc) is 2.28. The van der Waals surface area contributed by atoms with Gasteiger partial charge < -0.3 is 15.4 Å². The summed E-state index contributed by atoms with van der Waals surface area (Å²) in [4.78, 5) is 6.64. The largest absolute Gasteiger partial charge is 0.478 e. The molecule has 0 aliphatic heterocycles.